The molecule has 1 fully saturated rings. The van der Waals surface area contributed by atoms with Crippen molar-refractivity contribution in [2.24, 2.45) is 0 Å². The number of benzene rings is 2. The van der Waals surface area contributed by atoms with Gasteiger partial charge in [0.05, 0.1) is 32.2 Å². The van der Waals surface area contributed by atoms with Gasteiger partial charge in [-0.05, 0) is 42.5 Å². The number of hydrogen-bond donors (Lipinski definition) is 2. The molecule has 2 N–H and O–H groups in total. The van der Waals surface area contributed by atoms with Gasteiger partial charge in [-0.3, -0.25) is 9.59 Å². The minimum atomic E-state index is -0.363. The van der Waals surface area contributed by atoms with Crippen LogP contribution in [-0.4, -0.2) is 49.7 Å². The smallest absolute Gasteiger partial charge is 0.254 e. The Hall–Kier alpha value is -3.57. The first-order valence-electron chi connectivity index (χ1n) is 9.90. The molecule has 2 aliphatic heterocycles. The third-order valence-corrected chi connectivity index (χ3v) is 5.30. The molecule has 8 nitrogen and oxygen atoms in total. The number of nitrogens with one attached hydrogen (secondary N) is 2. The summed E-state index contributed by atoms with van der Waals surface area (Å²) >= 11 is 0. The summed E-state index contributed by atoms with van der Waals surface area (Å²) in [6.45, 7) is 4.30. The Morgan fingerprint density at radius 2 is 1.80 bits per heavy atom. The van der Waals surface area contributed by atoms with Crippen LogP contribution >= 0.6 is 0 Å². The summed E-state index contributed by atoms with van der Waals surface area (Å²) in [4.78, 5) is 27.5. The summed E-state index contributed by atoms with van der Waals surface area (Å²) in [5.74, 6) is 1.22. The van der Waals surface area contributed by atoms with Crippen LogP contribution in [0.5, 0.6) is 11.5 Å². The topological polar surface area (TPSA) is 96.1 Å². The third-order valence-electron chi connectivity index (χ3n) is 5.30. The van der Waals surface area contributed by atoms with Crippen LogP contribution in [0.1, 0.15) is 22.3 Å². The van der Waals surface area contributed by atoms with Crippen LogP contribution in [0.2, 0.25) is 0 Å². The summed E-state index contributed by atoms with van der Waals surface area (Å²) in [5.41, 5.74) is 2.36. The number of fused-ring (bicyclic) bond motifs is 1. The number of anilines is 1. The van der Waals surface area contributed by atoms with Crippen molar-refractivity contribution in [1.82, 2.24) is 4.90 Å². The fourth-order valence-electron chi connectivity index (χ4n) is 3.70. The van der Waals surface area contributed by atoms with E-state index in [0.29, 0.717) is 24.3 Å². The molecule has 0 aliphatic carbocycles. The van der Waals surface area contributed by atoms with Gasteiger partial charge in [-0.15, -0.1) is 0 Å². The third kappa shape index (κ3) is 4.53. The SMILES string of the molecule is N#CCC(=O)Nc1ccc(C(=O)N2CC[NH+](Cc3ccc4c(c3)OCO4)CC2)cc1. The first kappa shape index (κ1) is 19.7. The van der Waals surface area contributed by atoms with Crippen molar-refractivity contribution in [3.63, 3.8) is 0 Å². The van der Waals surface area contributed by atoms with Crippen molar-refractivity contribution < 1.29 is 24.0 Å². The van der Waals surface area contributed by atoms with Gasteiger partial charge in [0.1, 0.15) is 13.0 Å². The van der Waals surface area contributed by atoms with Crippen molar-refractivity contribution in [1.29, 1.82) is 5.26 Å². The largest absolute Gasteiger partial charge is 0.454 e. The molecule has 0 bridgehead atoms. The number of nitrogens with zero attached hydrogens (tertiary/aromatic N) is 2. The van der Waals surface area contributed by atoms with Crippen molar-refractivity contribution >= 4 is 17.5 Å². The van der Waals surface area contributed by atoms with Gasteiger partial charge in [-0.1, -0.05) is 0 Å². The van der Waals surface area contributed by atoms with E-state index in [9.17, 15) is 9.59 Å². The maximum atomic E-state index is 12.8. The normalized spacial score (nSPS) is 15.5. The number of ether oxygens (including phenoxy) is 2. The number of carbonyl (C=O) groups is 2. The summed E-state index contributed by atoms with van der Waals surface area (Å²) in [7, 11) is 0. The van der Waals surface area contributed by atoms with Crippen LogP contribution in [-0.2, 0) is 11.3 Å². The predicted molar refractivity (Wildman–Crippen MR) is 108 cm³/mol. The molecule has 2 aromatic carbocycles. The Kier molecular flexibility index (Phi) is 5.82. The van der Waals surface area contributed by atoms with Gasteiger partial charge in [0.25, 0.3) is 5.91 Å². The van der Waals surface area contributed by atoms with Gasteiger partial charge in [-0.2, -0.15) is 5.26 Å². The lowest BCUT2D eigenvalue weighted by Gasteiger charge is -2.32. The molecule has 1 saturated heterocycles. The Morgan fingerprint density at radius 1 is 1.07 bits per heavy atom. The number of hydrogen-bond acceptors (Lipinski definition) is 5. The molecule has 2 aliphatic rings. The van der Waals surface area contributed by atoms with Gasteiger partial charge in [0.15, 0.2) is 11.5 Å². The molecule has 30 heavy (non-hydrogen) atoms. The zero-order valence-corrected chi connectivity index (χ0v) is 16.5. The van der Waals surface area contributed by atoms with Crippen molar-refractivity contribution in [2.75, 3.05) is 38.3 Å². The minimum absolute atomic E-state index is 0.00738. The molecule has 154 valence electrons. The maximum Gasteiger partial charge on any atom is 0.254 e. The molecule has 0 atom stereocenters. The van der Waals surface area contributed by atoms with E-state index >= 15 is 0 Å². The number of piperazine rings is 1. The molecule has 2 heterocycles. The fraction of sp³-hybridized carbons (Fsp3) is 0.318. The average molecular weight is 407 g/mol. The molecule has 0 saturated carbocycles. The molecule has 8 heteroatoms. The highest BCUT2D eigenvalue weighted by atomic mass is 16.7. The van der Waals surface area contributed by atoms with E-state index in [1.807, 2.05) is 17.0 Å². The van der Waals surface area contributed by atoms with Crippen LogP contribution in [0, 0.1) is 11.3 Å². The van der Waals surface area contributed by atoms with Crippen molar-refractivity contribution in [3.8, 4) is 17.6 Å². The monoisotopic (exact) mass is 407 g/mol. The van der Waals surface area contributed by atoms with E-state index in [2.05, 4.69) is 11.4 Å². The highest BCUT2D eigenvalue weighted by molar-refractivity contribution is 5.96. The van der Waals surface area contributed by atoms with E-state index in [-0.39, 0.29) is 25.0 Å². The first-order valence-corrected chi connectivity index (χ1v) is 9.90. The molecule has 0 spiro atoms. The number of carbonyl (C=O) groups excluding carboxylic acids is 2. The van der Waals surface area contributed by atoms with Crippen molar-refractivity contribution in [3.05, 3.63) is 53.6 Å². The van der Waals surface area contributed by atoms with E-state index < -0.39 is 0 Å². The quantitative estimate of drug-likeness (QED) is 0.765. The number of rotatable bonds is 5. The molecule has 0 aromatic heterocycles. The molecular formula is C22H23N4O4+. The fourth-order valence-corrected chi connectivity index (χ4v) is 3.70. The molecule has 0 radical (unpaired) electrons. The second-order valence-electron chi connectivity index (χ2n) is 7.37. The van der Waals surface area contributed by atoms with Crippen LogP contribution < -0.4 is 19.7 Å². The van der Waals surface area contributed by atoms with E-state index in [0.717, 1.165) is 31.1 Å². The lowest BCUT2D eigenvalue weighted by atomic mass is 10.1. The highest BCUT2D eigenvalue weighted by Crippen LogP contribution is 2.32. The summed E-state index contributed by atoms with van der Waals surface area (Å²) in [5, 5.41) is 11.2. The lowest BCUT2D eigenvalue weighted by molar-refractivity contribution is -0.917. The van der Waals surface area contributed by atoms with Gasteiger partial charge in [-0.25, -0.2) is 0 Å². The van der Waals surface area contributed by atoms with Crippen LogP contribution in [0.4, 0.5) is 5.69 Å². The lowest BCUT2D eigenvalue weighted by Crippen LogP contribution is -3.13. The van der Waals surface area contributed by atoms with Crippen LogP contribution in [0.25, 0.3) is 0 Å². The van der Waals surface area contributed by atoms with E-state index in [1.54, 1.807) is 30.3 Å². The molecule has 2 amide bonds. The number of amides is 2. The molecule has 0 unspecified atom stereocenters. The maximum absolute atomic E-state index is 12.8. The standard InChI is InChI=1S/C22H22N4O4/c23-8-7-21(27)24-18-4-2-17(3-5-18)22(28)26-11-9-25(10-12-26)14-16-1-6-19-20(13-16)30-15-29-19/h1-6,13H,7,9-12,14-15H2,(H,24,27)/p+1. The Balaban J connectivity index is 1.29. The van der Waals surface area contributed by atoms with E-state index in [4.69, 9.17) is 14.7 Å². The second-order valence-corrected chi connectivity index (χ2v) is 7.37. The zero-order chi connectivity index (χ0) is 20.9. The van der Waals surface area contributed by atoms with Crippen LogP contribution in [0.3, 0.4) is 0 Å². The average Bonchev–Trinajstić information content (AvgIpc) is 3.22. The van der Waals surface area contributed by atoms with E-state index in [1.165, 1.54) is 10.5 Å². The molecular weight excluding hydrogens is 384 g/mol. The number of nitriles is 1. The van der Waals surface area contributed by atoms with Crippen LogP contribution in [0.15, 0.2) is 42.5 Å². The first-order chi connectivity index (χ1) is 14.6. The summed E-state index contributed by atoms with van der Waals surface area (Å²) in [6.07, 6.45) is -0.195. The predicted octanol–water partition coefficient (Wildman–Crippen LogP) is 0.808. The Labute approximate surface area is 174 Å². The Bertz CT molecular complexity index is 976. The van der Waals surface area contributed by atoms with Gasteiger partial charge in [0, 0.05) is 16.8 Å². The zero-order valence-electron chi connectivity index (χ0n) is 16.5. The van der Waals surface area contributed by atoms with Gasteiger partial charge >= 0.3 is 0 Å². The molecule has 2 aromatic rings. The Morgan fingerprint density at radius 3 is 2.53 bits per heavy atom. The minimum Gasteiger partial charge on any atom is -0.454 e. The van der Waals surface area contributed by atoms with Gasteiger partial charge < -0.3 is 24.6 Å². The summed E-state index contributed by atoms with van der Waals surface area (Å²) in [6, 6.07) is 14.6. The summed E-state index contributed by atoms with van der Waals surface area (Å²) < 4.78 is 10.8. The molecule has 4 rings (SSSR count). The highest BCUT2D eigenvalue weighted by Gasteiger charge is 2.25. The number of quaternary nitrogens is 1. The second kappa shape index (κ2) is 8.84. The van der Waals surface area contributed by atoms with Gasteiger partial charge in [0.2, 0.25) is 12.7 Å². The van der Waals surface area contributed by atoms with Crippen molar-refractivity contribution in [2.45, 2.75) is 13.0 Å².